The molecular formula is C29H31F4N5O3S. The Kier molecular flexibility index (Phi) is 9.05. The molecular weight excluding hydrogens is 574 g/mol. The third kappa shape index (κ3) is 6.72. The number of aromatic nitrogens is 1. The van der Waals surface area contributed by atoms with Crippen molar-refractivity contribution in [2.75, 3.05) is 57.6 Å². The second-order valence-electron chi connectivity index (χ2n) is 9.98. The molecule has 3 aromatic rings. The monoisotopic (exact) mass is 605 g/mol. The second-order valence-corrected chi connectivity index (χ2v) is 11.0. The van der Waals surface area contributed by atoms with Gasteiger partial charge in [-0.05, 0) is 42.8 Å². The lowest BCUT2D eigenvalue weighted by Gasteiger charge is -2.43. The number of thioether (sulfide) groups is 1. The van der Waals surface area contributed by atoms with Gasteiger partial charge in [0.25, 0.3) is 5.91 Å². The Morgan fingerprint density at radius 3 is 2.69 bits per heavy atom. The molecule has 8 nitrogen and oxygen atoms in total. The minimum absolute atomic E-state index is 0.0715. The number of benzene rings is 1. The number of likely N-dealkylation sites (tertiary alicyclic amines) is 1. The Morgan fingerprint density at radius 2 is 2.02 bits per heavy atom. The number of hydrogen-bond acceptors (Lipinski definition) is 7. The highest BCUT2D eigenvalue weighted by Gasteiger charge is 2.36. The van der Waals surface area contributed by atoms with Crippen LogP contribution in [0.1, 0.15) is 22.3 Å². The van der Waals surface area contributed by atoms with Gasteiger partial charge in [0, 0.05) is 43.7 Å². The molecule has 0 radical (unpaired) electrons. The molecule has 3 N–H and O–H groups in total. The van der Waals surface area contributed by atoms with E-state index < -0.39 is 17.7 Å². The SMILES string of the molecule is CNC(=O)c1ccc(NCC#Cc2cc3c(N[C@@H]4CCN(C5COC5)C[C@@H]4F)cccn3c2SC(F)(F)F)c(OC)c1. The molecule has 1 amide bonds. The highest BCUT2D eigenvalue weighted by atomic mass is 32.2. The highest BCUT2D eigenvalue weighted by Crippen LogP contribution is 2.41. The third-order valence-corrected chi connectivity index (χ3v) is 8.15. The number of halogens is 4. The fourth-order valence-corrected chi connectivity index (χ4v) is 5.75. The van der Waals surface area contributed by atoms with Crippen molar-refractivity contribution in [2.24, 2.45) is 0 Å². The van der Waals surface area contributed by atoms with Crippen LogP contribution in [0.15, 0.2) is 47.6 Å². The molecule has 42 heavy (non-hydrogen) atoms. The number of pyridine rings is 1. The number of nitrogens with one attached hydrogen (secondary N) is 3. The average molecular weight is 606 g/mol. The highest BCUT2D eigenvalue weighted by molar-refractivity contribution is 8.00. The van der Waals surface area contributed by atoms with Crippen molar-refractivity contribution in [1.29, 1.82) is 0 Å². The molecule has 2 aliphatic heterocycles. The van der Waals surface area contributed by atoms with E-state index in [4.69, 9.17) is 9.47 Å². The van der Waals surface area contributed by atoms with Crippen LogP contribution in [0.4, 0.5) is 28.9 Å². The van der Waals surface area contributed by atoms with E-state index in [1.165, 1.54) is 18.6 Å². The van der Waals surface area contributed by atoms with Crippen LogP contribution in [0.3, 0.4) is 0 Å². The number of fused-ring (bicyclic) bond motifs is 1. The van der Waals surface area contributed by atoms with Crippen molar-refractivity contribution in [3.8, 4) is 17.6 Å². The van der Waals surface area contributed by atoms with Crippen molar-refractivity contribution in [3.63, 3.8) is 0 Å². The normalized spacial score (nSPS) is 19.5. The van der Waals surface area contributed by atoms with E-state index in [0.29, 0.717) is 54.4 Å². The zero-order chi connectivity index (χ0) is 29.9. The van der Waals surface area contributed by atoms with Crippen LogP contribution in [0.25, 0.3) is 5.52 Å². The van der Waals surface area contributed by atoms with Gasteiger partial charge in [0.1, 0.15) is 16.9 Å². The zero-order valence-electron chi connectivity index (χ0n) is 23.1. The summed E-state index contributed by atoms with van der Waals surface area (Å²) in [4.78, 5) is 14.0. The molecule has 0 unspecified atom stereocenters. The maximum absolute atomic E-state index is 15.1. The Hall–Kier alpha value is -3.60. The summed E-state index contributed by atoms with van der Waals surface area (Å²) in [6.45, 7) is 2.34. The third-order valence-electron chi connectivity index (χ3n) is 7.31. The molecule has 0 saturated carbocycles. The average Bonchev–Trinajstić information content (AvgIpc) is 3.27. The Balaban J connectivity index is 1.35. The number of nitrogens with zero attached hydrogens (tertiary/aromatic N) is 2. The molecule has 13 heteroatoms. The number of carbonyl (C=O) groups excluding carboxylic acids is 1. The first kappa shape index (κ1) is 29.9. The van der Waals surface area contributed by atoms with Crippen LogP contribution in [0.2, 0.25) is 0 Å². The first-order valence-electron chi connectivity index (χ1n) is 13.4. The number of ether oxygens (including phenoxy) is 2. The van der Waals surface area contributed by atoms with Crippen LogP contribution in [0, 0.1) is 11.8 Å². The summed E-state index contributed by atoms with van der Waals surface area (Å²) in [7, 11) is 3.00. The van der Waals surface area contributed by atoms with E-state index in [1.807, 2.05) is 0 Å². The number of carbonyl (C=O) groups is 1. The molecule has 2 aromatic heterocycles. The number of amides is 1. The molecule has 224 valence electrons. The van der Waals surface area contributed by atoms with Gasteiger partial charge in [-0.1, -0.05) is 11.8 Å². The minimum atomic E-state index is -4.53. The molecule has 2 saturated heterocycles. The van der Waals surface area contributed by atoms with Crippen molar-refractivity contribution >= 4 is 34.6 Å². The Labute approximate surface area is 245 Å². The number of methoxy groups -OCH3 is 1. The lowest BCUT2D eigenvalue weighted by molar-refractivity contribution is -0.0793. The topological polar surface area (TPSA) is 79.3 Å². The molecule has 1 aromatic carbocycles. The predicted octanol–water partition coefficient (Wildman–Crippen LogP) is 4.61. The summed E-state index contributed by atoms with van der Waals surface area (Å²) in [6.07, 6.45) is 0.977. The van der Waals surface area contributed by atoms with Crippen molar-refractivity contribution in [2.45, 2.75) is 35.2 Å². The van der Waals surface area contributed by atoms with E-state index in [9.17, 15) is 18.0 Å². The van der Waals surface area contributed by atoms with Crippen LogP contribution < -0.4 is 20.7 Å². The number of alkyl halides is 4. The summed E-state index contributed by atoms with van der Waals surface area (Å²) in [5, 5.41) is 8.79. The molecule has 2 atom stereocenters. The molecule has 5 rings (SSSR count). The van der Waals surface area contributed by atoms with Gasteiger partial charge in [-0.15, -0.1) is 0 Å². The van der Waals surface area contributed by atoms with E-state index >= 15 is 4.39 Å². The van der Waals surface area contributed by atoms with Gasteiger partial charge in [0.05, 0.1) is 61.4 Å². The standard InChI is InChI=1S/C29H31F4N5O3S/c1-34-27(39)18-7-8-24(26(14-18)40-2)35-10-3-5-19-13-25-23(6-4-11-38(25)28(19)42-29(31,32)33)36-22-9-12-37(15-21(22)30)20-16-41-17-20/h4,6-8,11,13-14,20-22,35-36H,9-10,12,15-17H2,1-2H3,(H,34,39)/t21-,22+/m0/s1. The van der Waals surface area contributed by atoms with Gasteiger partial charge in [0.2, 0.25) is 0 Å². The minimum Gasteiger partial charge on any atom is -0.495 e. The quantitative estimate of drug-likeness (QED) is 0.197. The van der Waals surface area contributed by atoms with Crippen LogP contribution in [-0.4, -0.2) is 86.0 Å². The van der Waals surface area contributed by atoms with Gasteiger partial charge >= 0.3 is 5.51 Å². The largest absolute Gasteiger partial charge is 0.495 e. The molecule has 2 aliphatic rings. The van der Waals surface area contributed by atoms with Gasteiger partial charge in [-0.25, -0.2) is 4.39 Å². The van der Waals surface area contributed by atoms with Crippen LogP contribution in [0.5, 0.6) is 5.75 Å². The van der Waals surface area contributed by atoms with Gasteiger partial charge < -0.3 is 29.8 Å². The van der Waals surface area contributed by atoms with Crippen molar-refractivity contribution in [1.82, 2.24) is 14.6 Å². The summed E-state index contributed by atoms with van der Waals surface area (Å²) >= 11 is -0.240. The lowest BCUT2D eigenvalue weighted by atomic mass is 10.00. The molecule has 0 spiro atoms. The predicted molar refractivity (Wildman–Crippen MR) is 154 cm³/mol. The number of hydrogen-bond donors (Lipinski definition) is 3. The van der Waals surface area contributed by atoms with Crippen LogP contribution >= 0.6 is 11.8 Å². The van der Waals surface area contributed by atoms with Crippen LogP contribution in [-0.2, 0) is 4.74 Å². The van der Waals surface area contributed by atoms with Crippen molar-refractivity contribution in [3.05, 3.63) is 53.7 Å². The summed E-state index contributed by atoms with van der Waals surface area (Å²) in [6, 6.07) is 9.62. The van der Waals surface area contributed by atoms with Crippen molar-refractivity contribution < 1.29 is 31.8 Å². The fourth-order valence-electron chi connectivity index (χ4n) is 5.06. The van der Waals surface area contributed by atoms with Gasteiger partial charge in [-0.3, -0.25) is 9.69 Å². The number of anilines is 2. The first-order chi connectivity index (χ1) is 20.2. The second kappa shape index (κ2) is 12.7. The molecule has 0 aliphatic carbocycles. The maximum Gasteiger partial charge on any atom is 0.447 e. The van der Waals surface area contributed by atoms with E-state index in [1.54, 1.807) is 42.6 Å². The smallest absolute Gasteiger partial charge is 0.447 e. The Bertz CT molecular complexity index is 1500. The van der Waals surface area contributed by atoms with Gasteiger partial charge in [-0.2, -0.15) is 13.2 Å². The molecule has 0 bridgehead atoms. The summed E-state index contributed by atoms with van der Waals surface area (Å²) < 4.78 is 67.8. The maximum atomic E-state index is 15.1. The summed E-state index contributed by atoms with van der Waals surface area (Å²) in [5.41, 5.74) is -2.31. The number of rotatable bonds is 8. The van der Waals surface area contributed by atoms with E-state index in [2.05, 4.69) is 32.7 Å². The Morgan fingerprint density at radius 1 is 1.21 bits per heavy atom. The first-order valence-corrected chi connectivity index (χ1v) is 14.2. The number of piperidine rings is 1. The van der Waals surface area contributed by atoms with E-state index in [0.717, 1.165) is 0 Å². The fraction of sp³-hybridized carbons (Fsp3) is 0.414. The molecule has 2 fully saturated rings. The molecule has 4 heterocycles. The summed E-state index contributed by atoms with van der Waals surface area (Å²) in [5.74, 6) is 5.91. The zero-order valence-corrected chi connectivity index (χ0v) is 23.9. The van der Waals surface area contributed by atoms with E-state index in [-0.39, 0.29) is 47.4 Å². The van der Waals surface area contributed by atoms with Gasteiger partial charge in [0.15, 0.2) is 0 Å². The lowest BCUT2D eigenvalue weighted by Crippen LogP contribution is -2.57.